The molecule has 1 atom stereocenters. The monoisotopic (exact) mass is 549 g/mol. The Hall–Kier alpha value is -3.65. The topological polar surface area (TPSA) is 86.8 Å². The second-order valence-electron chi connectivity index (χ2n) is 9.89. The van der Waals surface area contributed by atoms with Crippen molar-refractivity contribution in [2.75, 3.05) is 17.4 Å². The molecule has 8 heteroatoms. The van der Waals surface area contributed by atoms with Crippen LogP contribution in [0.25, 0.3) is 0 Å². The third-order valence-electron chi connectivity index (χ3n) is 6.51. The number of carbonyl (C=O) groups excluding carboxylic acids is 2. The fourth-order valence-electron chi connectivity index (χ4n) is 4.53. The lowest BCUT2D eigenvalue weighted by Crippen LogP contribution is -2.52. The first-order chi connectivity index (χ1) is 18.6. The maximum atomic E-state index is 14.1. The number of benzene rings is 3. The molecule has 3 aromatic rings. The number of hydrogen-bond acceptors (Lipinski definition) is 4. The zero-order valence-corrected chi connectivity index (χ0v) is 24.3. The van der Waals surface area contributed by atoms with Crippen molar-refractivity contribution in [1.82, 2.24) is 10.2 Å². The van der Waals surface area contributed by atoms with Gasteiger partial charge in [0.05, 0.1) is 10.6 Å². The van der Waals surface area contributed by atoms with Gasteiger partial charge in [-0.05, 0) is 74.6 Å². The molecule has 0 aliphatic rings. The SMILES string of the molecule is CCCNC(=O)[C@H](CC)N(Cc1ccccc1)C(=O)CN(c1cc(C)cc(C)c1)S(=O)(=O)c1ccc(C)cc1. The summed E-state index contributed by atoms with van der Waals surface area (Å²) in [5.74, 6) is -0.699. The maximum absolute atomic E-state index is 14.1. The van der Waals surface area contributed by atoms with Crippen LogP contribution in [-0.2, 0) is 26.2 Å². The van der Waals surface area contributed by atoms with Crippen LogP contribution >= 0.6 is 0 Å². The van der Waals surface area contributed by atoms with E-state index >= 15 is 0 Å². The number of rotatable bonds is 12. The summed E-state index contributed by atoms with van der Waals surface area (Å²) in [6, 6.07) is 20.7. The molecule has 3 aromatic carbocycles. The quantitative estimate of drug-likeness (QED) is 0.339. The Bertz CT molecular complexity index is 1350. The Kier molecular flexibility index (Phi) is 10.3. The summed E-state index contributed by atoms with van der Waals surface area (Å²) in [6.45, 7) is 9.73. The first kappa shape index (κ1) is 29.9. The van der Waals surface area contributed by atoms with Crippen molar-refractivity contribution in [2.24, 2.45) is 0 Å². The number of amides is 2. The van der Waals surface area contributed by atoms with Crippen LogP contribution in [0.15, 0.2) is 77.7 Å². The molecule has 7 nitrogen and oxygen atoms in total. The van der Waals surface area contributed by atoms with E-state index in [0.29, 0.717) is 18.7 Å². The lowest BCUT2D eigenvalue weighted by molar-refractivity contribution is -0.140. The van der Waals surface area contributed by atoms with E-state index in [2.05, 4.69) is 5.32 Å². The Morgan fingerprint density at radius 2 is 1.46 bits per heavy atom. The zero-order valence-electron chi connectivity index (χ0n) is 23.5. The van der Waals surface area contributed by atoms with Crippen LogP contribution < -0.4 is 9.62 Å². The zero-order chi connectivity index (χ0) is 28.6. The molecule has 0 aromatic heterocycles. The van der Waals surface area contributed by atoms with Gasteiger partial charge in [-0.15, -0.1) is 0 Å². The van der Waals surface area contributed by atoms with Gasteiger partial charge in [0.25, 0.3) is 10.0 Å². The highest BCUT2D eigenvalue weighted by Gasteiger charge is 2.33. The predicted octanol–water partition coefficient (Wildman–Crippen LogP) is 5.14. The number of hydrogen-bond donors (Lipinski definition) is 1. The average molecular weight is 550 g/mol. The van der Waals surface area contributed by atoms with E-state index in [9.17, 15) is 18.0 Å². The van der Waals surface area contributed by atoms with Crippen molar-refractivity contribution in [2.45, 2.75) is 64.9 Å². The number of nitrogens with one attached hydrogen (secondary N) is 1. The minimum atomic E-state index is -4.09. The van der Waals surface area contributed by atoms with Crippen LogP contribution in [0, 0.1) is 20.8 Å². The van der Waals surface area contributed by atoms with Crippen molar-refractivity contribution >= 4 is 27.5 Å². The minimum absolute atomic E-state index is 0.0994. The normalized spacial score (nSPS) is 12.0. The third kappa shape index (κ3) is 7.69. The molecule has 1 N–H and O–H groups in total. The molecular weight excluding hydrogens is 510 g/mol. The lowest BCUT2D eigenvalue weighted by atomic mass is 10.1. The first-order valence-electron chi connectivity index (χ1n) is 13.4. The molecule has 0 saturated heterocycles. The van der Waals surface area contributed by atoms with Crippen LogP contribution in [0.2, 0.25) is 0 Å². The van der Waals surface area contributed by atoms with Gasteiger partial charge in [-0.3, -0.25) is 13.9 Å². The van der Waals surface area contributed by atoms with Crippen molar-refractivity contribution in [1.29, 1.82) is 0 Å². The van der Waals surface area contributed by atoms with Crippen molar-refractivity contribution in [3.63, 3.8) is 0 Å². The van der Waals surface area contributed by atoms with Crippen molar-refractivity contribution < 1.29 is 18.0 Å². The van der Waals surface area contributed by atoms with E-state index in [1.807, 2.05) is 71.0 Å². The van der Waals surface area contributed by atoms with Crippen molar-refractivity contribution in [3.8, 4) is 0 Å². The van der Waals surface area contributed by atoms with E-state index in [0.717, 1.165) is 33.0 Å². The minimum Gasteiger partial charge on any atom is -0.354 e. The molecule has 0 spiro atoms. The number of aryl methyl sites for hydroxylation is 3. The fourth-order valence-corrected chi connectivity index (χ4v) is 5.92. The highest BCUT2D eigenvalue weighted by Crippen LogP contribution is 2.27. The Morgan fingerprint density at radius 3 is 2.03 bits per heavy atom. The maximum Gasteiger partial charge on any atom is 0.264 e. The Balaban J connectivity index is 2.07. The Morgan fingerprint density at radius 1 is 0.846 bits per heavy atom. The highest BCUT2D eigenvalue weighted by atomic mass is 32.2. The van der Waals surface area contributed by atoms with E-state index in [4.69, 9.17) is 0 Å². The lowest BCUT2D eigenvalue weighted by Gasteiger charge is -2.33. The molecule has 208 valence electrons. The summed E-state index contributed by atoms with van der Waals surface area (Å²) in [6.07, 6.45) is 1.16. The van der Waals surface area contributed by atoms with Gasteiger partial charge in [0.1, 0.15) is 12.6 Å². The van der Waals surface area contributed by atoms with Crippen molar-refractivity contribution in [3.05, 3.63) is 95.1 Å². The average Bonchev–Trinajstić information content (AvgIpc) is 2.90. The fraction of sp³-hybridized carbons (Fsp3) is 0.355. The molecule has 0 aliphatic heterocycles. The molecule has 0 bridgehead atoms. The molecule has 0 radical (unpaired) electrons. The molecule has 0 aliphatic carbocycles. The van der Waals surface area contributed by atoms with Gasteiger partial charge < -0.3 is 10.2 Å². The summed E-state index contributed by atoms with van der Waals surface area (Å²) in [4.78, 5) is 28.8. The van der Waals surface area contributed by atoms with Gasteiger partial charge in [-0.25, -0.2) is 8.42 Å². The second-order valence-corrected chi connectivity index (χ2v) is 11.8. The number of sulfonamides is 1. The van der Waals surface area contributed by atoms with Gasteiger partial charge in [0, 0.05) is 13.1 Å². The molecule has 0 unspecified atom stereocenters. The smallest absolute Gasteiger partial charge is 0.264 e. The van der Waals surface area contributed by atoms with Crippen LogP contribution in [-0.4, -0.2) is 44.3 Å². The molecule has 2 amide bonds. The largest absolute Gasteiger partial charge is 0.354 e. The number of nitrogens with zero attached hydrogens (tertiary/aromatic N) is 2. The summed E-state index contributed by atoms with van der Waals surface area (Å²) < 4.78 is 29.1. The summed E-state index contributed by atoms with van der Waals surface area (Å²) in [7, 11) is -4.09. The third-order valence-corrected chi connectivity index (χ3v) is 8.30. The molecule has 0 fully saturated rings. The van der Waals surface area contributed by atoms with Gasteiger partial charge in [0.15, 0.2) is 0 Å². The number of carbonyl (C=O) groups is 2. The molecule has 3 rings (SSSR count). The highest BCUT2D eigenvalue weighted by molar-refractivity contribution is 7.92. The summed E-state index contributed by atoms with van der Waals surface area (Å²) in [5.41, 5.74) is 3.96. The summed E-state index contributed by atoms with van der Waals surface area (Å²) in [5, 5.41) is 2.90. The number of anilines is 1. The molecular formula is C31H39N3O4S. The van der Waals surface area contributed by atoms with Crippen LogP contribution in [0.3, 0.4) is 0 Å². The van der Waals surface area contributed by atoms with Gasteiger partial charge in [-0.1, -0.05) is 67.9 Å². The van der Waals surface area contributed by atoms with Crippen LogP contribution in [0.5, 0.6) is 0 Å². The molecule has 39 heavy (non-hydrogen) atoms. The van der Waals surface area contributed by atoms with Gasteiger partial charge in [0.2, 0.25) is 11.8 Å². The van der Waals surface area contributed by atoms with Gasteiger partial charge in [-0.2, -0.15) is 0 Å². The Labute approximate surface area is 232 Å². The van der Waals surface area contributed by atoms with Gasteiger partial charge >= 0.3 is 0 Å². The van der Waals surface area contributed by atoms with Crippen LogP contribution in [0.4, 0.5) is 5.69 Å². The van der Waals surface area contributed by atoms with E-state index in [1.165, 1.54) is 4.90 Å². The first-order valence-corrected chi connectivity index (χ1v) is 14.8. The predicted molar refractivity (Wildman–Crippen MR) is 156 cm³/mol. The van der Waals surface area contributed by atoms with E-state index in [1.54, 1.807) is 36.4 Å². The van der Waals surface area contributed by atoms with E-state index < -0.39 is 28.5 Å². The summed E-state index contributed by atoms with van der Waals surface area (Å²) >= 11 is 0. The van der Waals surface area contributed by atoms with Crippen LogP contribution in [0.1, 0.15) is 48.9 Å². The molecule has 0 saturated carbocycles. The standard InChI is InChI=1S/C31H39N3O4S/c1-6-17-32-31(36)29(7-2)33(21-26-11-9-8-10-12-26)30(35)22-34(27-19-24(4)18-25(5)20-27)39(37,38)28-15-13-23(3)14-16-28/h8-16,18-20,29H,6-7,17,21-22H2,1-5H3,(H,32,36)/t29-/m0/s1. The molecule has 0 heterocycles. The second kappa shape index (κ2) is 13.4. The van der Waals surface area contributed by atoms with E-state index in [-0.39, 0.29) is 17.3 Å².